The summed E-state index contributed by atoms with van der Waals surface area (Å²) in [6, 6.07) is 15.2. The second kappa shape index (κ2) is 8.55. The molecule has 1 aliphatic heterocycles. The van der Waals surface area contributed by atoms with E-state index in [9.17, 15) is 22.4 Å². The summed E-state index contributed by atoms with van der Waals surface area (Å²) in [4.78, 5) is 14.4. The Morgan fingerprint density at radius 1 is 1.06 bits per heavy atom. The van der Waals surface area contributed by atoms with Gasteiger partial charge in [0.05, 0.1) is 5.56 Å². The van der Waals surface area contributed by atoms with Crippen molar-refractivity contribution in [2.24, 2.45) is 0 Å². The van der Waals surface area contributed by atoms with E-state index in [0.717, 1.165) is 22.9 Å². The van der Waals surface area contributed by atoms with Crippen molar-refractivity contribution in [3.05, 3.63) is 71.8 Å². The molecule has 0 saturated carbocycles. The number of benzene rings is 3. The molecule has 8 heteroatoms. The van der Waals surface area contributed by atoms with Gasteiger partial charge < -0.3 is 15.0 Å². The number of carbonyl (C=O) groups excluding carboxylic acids is 1. The van der Waals surface area contributed by atoms with Crippen LogP contribution in [0.4, 0.5) is 17.6 Å². The summed E-state index contributed by atoms with van der Waals surface area (Å²) in [5.41, 5.74) is -0.211. The number of rotatable bonds is 6. The number of amides is 1. The van der Waals surface area contributed by atoms with Crippen LogP contribution in [-0.4, -0.2) is 43.2 Å². The standard InChI is InChI=1S/C23H20F4N2O2/c24-10-11-28-18-13-29(14-18)22(30)16-4-9-20-15(12-16)2-1-3-21(20)31-19-7-5-17(6-8-19)23(25,26)27/h1-9,12,18,28H,10-11,13-14H2. The van der Waals surface area contributed by atoms with E-state index in [2.05, 4.69) is 5.32 Å². The van der Waals surface area contributed by atoms with Crippen LogP contribution in [0.1, 0.15) is 15.9 Å². The van der Waals surface area contributed by atoms with Crippen LogP contribution in [-0.2, 0) is 6.18 Å². The molecule has 3 aromatic rings. The summed E-state index contributed by atoms with van der Waals surface area (Å²) in [5.74, 6) is 0.665. The summed E-state index contributed by atoms with van der Waals surface area (Å²) < 4.78 is 56.2. The lowest BCUT2D eigenvalue weighted by atomic mass is 10.0. The molecule has 1 fully saturated rings. The lowest BCUT2D eigenvalue weighted by molar-refractivity contribution is -0.137. The number of alkyl halides is 4. The Morgan fingerprint density at radius 3 is 2.48 bits per heavy atom. The van der Waals surface area contributed by atoms with Gasteiger partial charge in [-0.15, -0.1) is 0 Å². The van der Waals surface area contributed by atoms with E-state index in [1.54, 1.807) is 35.2 Å². The molecule has 0 spiro atoms. The van der Waals surface area contributed by atoms with Gasteiger partial charge in [0, 0.05) is 36.6 Å². The van der Waals surface area contributed by atoms with Gasteiger partial charge in [0.2, 0.25) is 0 Å². The molecule has 4 rings (SSSR count). The van der Waals surface area contributed by atoms with Gasteiger partial charge in [0.1, 0.15) is 18.2 Å². The first-order chi connectivity index (χ1) is 14.8. The van der Waals surface area contributed by atoms with Crippen molar-refractivity contribution in [2.45, 2.75) is 12.2 Å². The zero-order valence-corrected chi connectivity index (χ0v) is 16.5. The molecule has 162 valence electrons. The molecule has 0 unspecified atom stereocenters. The van der Waals surface area contributed by atoms with E-state index < -0.39 is 18.4 Å². The molecule has 0 radical (unpaired) electrons. The predicted molar refractivity (Wildman–Crippen MR) is 109 cm³/mol. The molecule has 0 aromatic heterocycles. The Hall–Kier alpha value is -3.13. The zero-order chi connectivity index (χ0) is 22.0. The number of ether oxygens (including phenoxy) is 1. The Labute approximate surface area is 176 Å². The number of halogens is 4. The minimum absolute atomic E-state index is 0.103. The first-order valence-corrected chi connectivity index (χ1v) is 9.81. The van der Waals surface area contributed by atoms with Crippen molar-refractivity contribution < 1.29 is 27.1 Å². The maximum atomic E-state index is 12.7. The first kappa shape index (κ1) is 21.1. The van der Waals surface area contributed by atoms with Gasteiger partial charge in [0.15, 0.2) is 0 Å². The fraction of sp³-hybridized carbons (Fsp3) is 0.261. The molecular formula is C23H20F4N2O2. The largest absolute Gasteiger partial charge is 0.457 e. The van der Waals surface area contributed by atoms with Crippen molar-refractivity contribution in [1.29, 1.82) is 0 Å². The molecule has 1 heterocycles. The average Bonchev–Trinajstić information content (AvgIpc) is 2.72. The molecule has 3 aromatic carbocycles. The second-order valence-corrected chi connectivity index (χ2v) is 7.37. The van der Waals surface area contributed by atoms with Gasteiger partial charge in [-0.1, -0.05) is 12.1 Å². The molecule has 4 nitrogen and oxygen atoms in total. The van der Waals surface area contributed by atoms with Gasteiger partial charge >= 0.3 is 6.18 Å². The van der Waals surface area contributed by atoms with Crippen molar-refractivity contribution in [3.8, 4) is 11.5 Å². The third-order valence-electron chi connectivity index (χ3n) is 5.19. The number of likely N-dealkylation sites (tertiary alicyclic amines) is 1. The first-order valence-electron chi connectivity index (χ1n) is 9.81. The summed E-state index contributed by atoms with van der Waals surface area (Å²) in [6.45, 7) is 0.915. The number of nitrogens with zero attached hydrogens (tertiary/aromatic N) is 1. The van der Waals surface area contributed by atoms with Crippen LogP contribution in [0.3, 0.4) is 0 Å². The highest BCUT2D eigenvalue weighted by molar-refractivity contribution is 6.00. The molecule has 1 amide bonds. The molecule has 1 N–H and O–H groups in total. The minimum atomic E-state index is -4.40. The highest BCUT2D eigenvalue weighted by atomic mass is 19.4. The van der Waals surface area contributed by atoms with Gasteiger partial charge in [-0.2, -0.15) is 13.2 Å². The van der Waals surface area contributed by atoms with Gasteiger partial charge in [-0.3, -0.25) is 4.79 Å². The average molecular weight is 432 g/mol. The summed E-state index contributed by atoms with van der Waals surface area (Å²) in [7, 11) is 0. The lowest BCUT2D eigenvalue weighted by Crippen LogP contribution is -2.60. The van der Waals surface area contributed by atoms with Crippen LogP contribution >= 0.6 is 0 Å². The van der Waals surface area contributed by atoms with Crippen LogP contribution < -0.4 is 10.1 Å². The van der Waals surface area contributed by atoms with Gasteiger partial charge in [-0.05, 0) is 53.9 Å². The highest BCUT2D eigenvalue weighted by Gasteiger charge is 2.31. The summed E-state index contributed by atoms with van der Waals surface area (Å²) in [6.07, 6.45) is -4.40. The molecule has 0 atom stereocenters. The third-order valence-corrected chi connectivity index (χ3v) is 5.19. The number of carbonyl (C=O) groups is 1. The maximum Gasteiger partial charge on any atom is 0.416 e. The van der Waals surface area contributed by atoms with Crippen molar-refractivity contribution in [1.82, 2.24) is 10.2 Å². The molecule has 1 aliphatic rings. The predicted octanol–water partition coefficient (Wildman–Crippen LogP) is 5.03. The monoisotopic (exact) mass is 432 g/mol. The van der Waals surface area contributed by atoms with Crippen molar-refractivity contribution in [3.63, 3.8) is 0 Å². The van der Waals surface area contributed by atoms with E-state index in [-0.39, 0.29) is 24.2 Å². The van der Waals surface area contributed by atoms with Crippen LogP contribution in [0.5, 0.6) is 11.5 Å². The topological polar surface area (TPSA) is 41.6 Å². The van der Waals surface area contributed by atoms with Gasteiger partial charge in [0.25, 0.3) is 5.91 Å². The molecule has 0 aliphatic carbocycles. The third kappa shape index (κ3) is 4.64. The zero-order valence-electron chi connectivity index (χ0n) is 16.5. The van der Waals surface area contributed by atoms with Crippen LogP contribution in [0, 0.1) is 0 Å². The Morgan fingerprint density at radius 2 is 1.81 bits per heavy atom. The second-order valence-electron chi connectivity index (χ2n) is 7.37. The molecular weight excluding hydrogens is 412 g/mol. The van der Waals surface area contributed by atoms with E-state index in [1.165, 1.54) is 12.1 Å². The van der Waals surface area contributed by atoms with Crippen LogP contribution in [0.2, 0.25) is 0 Å². The fourth-order valence-electron chi connectivity index (χ4n) is 3.53. The van der Waals surface area contributed by atoms with E-state index >= 15 is 0 Å². The lowest BCUT2D eigenvalue weighted by Gasteiger charge is -2.39. The Kier molecular flexibility index (Phi) is 5.82. The molecule has 31 heavy (non-hydrogen) atoms. The van der Waals surface area contributed by atoms with Gasteiger partial charge in [-0.25, -0.2) is 4.39 Å². The van der Waals surface area contributed by atoms with Crippen LogP contribution in [0.15, 0.2) is 60.7 Å². The Bertz CT molecular complexity index is 1080. The number of hydrogen-bond donors (Lipinski definition) is 1. The SMILES string of the molecule is O=C(c1ccc2c(Oc3ccc(C(F)(F)F)cc3)cccc2c1)N1CC(NCCF)C1. The molecule has 1 saturated heterocycles. The van der Waals surface area contributed by atoms with E-state index in [1.807, 2.05) is 6.07 Å². The maximum absolute atomic E-state index is 12.7. The number of fused-ring (bicyclic) bond motifs is 1. The van der Waals surface area contributed by atoms with Crippen molar-refractivity contribution >= 4 is 16.7 Å². The van der Waals surface area contributed by atoms with Crippen LogP contribution in [0.25, 0.3) is 10.8 Å². The normalized spacial score (nSPS) is 14.5. The smallest absolute Gasteiger partial charge is 0.416 e. The quantitative estimate of drug-likeness (QED) is 0.556. The highest BCUT2D eigenvalue weighted by Crippen LogP contribution is 2.34. The number of hydrogen-bond acceptors (Lipinski definition) is 3. The minimum Gasteiger partial charge on any atom is -0.457 e. The van der Waals surface area contributed by atoms with E-state index in [4.69, 9.17) is 4.74 Å². The molecule has 0 bridgehead atoms. The fourth-order valence-corrected chi connectivity index (χ4v) is 3.53. The summed E-state index contributed by atoms with van der Waals surface area (Å²) >= 11 is 0. The number of nitrogens with one attached hydrogen (secondary N) is 1. The van der Waals surface area contributed by atoms with Crippen molar-refractivity contribution in [2.75, 3.05) is 26.3 Å². The Balaban J connectivity index is 1.49. The van der Waals surface area contributed by atoms with E-state index in [0.29, 0.717) is 24.4 Å². The summed E-state index contributed by atoms with van der Waals surface area (Å²) in [5, 5.41) is 4.55.